The molecule has 0 radical (unpaired) electrons. The van der Waals surface area contributed by atoms with Crippen molar-refractivity contribution in [1.82, 2.24) is 5.32 Å². The monoisotopic (exact) mass is 289 g/mol. The molecule has 0 spiro atoms. The standard InChI is InChI=1S/C13H17F2NO4/c1-6(16-11(7(2)17)13(19)20)12(18)8-3-4-9(14)10(15)5-8/h3-7,11-12,16-18H,1-2H3,(H,19,20). The molecule has 20 heavy (non-hydrogen) atoms. The third-order valence-corrected chi connectivity index (χ3v) is 2.95. The molecule has 0 amide bonds. The van der Waals surface area contributed by atoms with Gasteiger partial charge in [0.15, 0.2) is 11.6 Å². The molecule has 0 aliphatic carbocycles. The fraction of sp³-hybridized carbons (Fsp3) is 0.462. The number of rotatable bonds is 6. The summed E-state index contributed by atoms with van der Waals surface area (Å²) < 4.78 is 25.9. The minimum atomic E-state index is -1.27. The maximum Gasteiger partial charge on any atom is 0.323 e. The Morgan fingerprint density at radius 1 is 1.20 bits per heavy atom. The van der Waals surface area contributed by atoms with Gasteiger partial charge < -0.3 is 15.3 Å². The second kappa shape index (κ2) is 6.74. The van der Waals surface area contributed by atoms with Gasteiger partial charge in [0, 0.05) is 6.04 Å². The van der Waals surface area contributed by atoms with Gasteiger partial charge in [0.05, 0.1) is 12.2 Å². The lowest BCUT2D eigenvalue weighted by molar-refractivity contribution is -0.142. The Balaban J connectivity index is 2.82. The van der Waals surface area contributed by atoms with E-state index in [1.807, 2.05) is 0 Å². The summed E-state index contributed by atoms with van der Waals surface area (Å²) in [5.74, 6) is -3.41. The molecule has 1 rings (SSSR count). The van der Waals surface area contributed by atoms with Crippen LogP contribution < -0.4 is 5.32 Å². The zero-order valence-corrected chi connectivity index (χ0v) is 11.0. The third kappa shape index (κ3) is 3.96. The molecule has 0 aliphatic rings. The molecule has 0 fully saturated rings. The number of hydrogen-bond donors (Lipinski definition) is 4. The molecule has 1 aromatic carbocycles. The largest absolute Gasteiger partial charge is 0.480 e. The van der Waals surface area contributed by atoms with Gasteiger partial charge in [-0.1, -0.05) is 6.07 Å². The number of carbonyl (C=O) groups is 1. The van der Waals surface area contributed by atoms with Crippen molar-refractivity contribution in [3.05, 3.63) is 35.4 Å². The summed E-state index contributed by atoms with van der Waals surface area (Å²) in [7, 11) is 0. The lowest BCUT2D eigenvalue weighted by Crippen LogP contribution is -2.50. The molecular weight excluding hydrogens is 272 g/mol. The minimum absolute atomic E-state index is 0.110. The van der Waals surface area contributed by atoms with Crippen LogP contribution in [0.3, 0.4) is 0 Å². The number of benzene rings is 1. The Hall–Kier alpha value is -1.57. The van der Waals surface area contributed by atoms with E-state index >= 15 is 0 Å². The molecular formula is C13H17F2NO4. The Kier molecular flexibility index (Phi) is 5.55. The summed E-state index contributed by atoms with van der Waals surface area (Å²) in [6.45, 7) is 2.77. The Labute approximate surface area is 114 Å². The molecule has 0 aromatic heterocycles. The number of aliphatic hydroxyl groups is 2. The topological polar surface area (TPSA) is 89.8 Å². The van der Waals surface area contributed by atoms with E-state index in [2.05, 4.69) is 5.32 Å². The number of aliphatic hydroxyl groups excluding tert-OH is 2. The van der Waals surface area contributed by atoms with Crippen LogP contribution in [0.1, 0.15) is 25.5 Å². The molecule has 5 nitrogen and oxygen atoms in total. The minimum Gasteiger partial charge on any atom is -0.480 e. The number of nitrogens with one attached hydrogen (secondary N) is 1. The van der Waals surface area contributed by atoms with Gasteiger partial charge in [0.2, 0.25) is 0 Å². The van der Waals surface area contributed by atoms with E-state index in [1.165, 1.54) is 19.9 Å². The van der Waals surface area contributed by atoms with Crippen LogP contribution >= 0.6 is 0 Å². The summed E-state index contributed by atoms with van der Waals surface area (Å²) >= 11 is 0. The normalized spacial score (nSPS) is 17.3. The van der Waals surface area contributed by atoms with E-state index in [1.54, 1.807) is 0 Å². The van der Waals surface area contributed by atoms with Gasteiger partial charge in [-0.2, -0.15) is 0 Å². The van der Waals surface area contributed by atoms with Crippen molar-refractivity contribution in [2.24, 2.45) is 0 Å². The second-order valence-corrected chi connectivity index (χ2v) is 4.63. The fourth-order valence-electron chi connectivity index (χ4n) is 1.78. The SMILES string of the molecule is CC(O)C(NC(C)C(O)c1ccc(F)c(F)c1)C(=O)O. The highest BCUT2D eigenvalue weighted by Crippen LogP contribution is 2.19. The van der Waals surface area contributed by atoms with Gasteiger partial charge in [-0.25, -0.2) is 8.78 Å². The van der Waals surface area contributed by atoms with Crippen LogP contribution in [0.2, 0.25) is 0 Å². The first-order valence-electron chi connectivity index (χ1n) is 6.04. The lowest BCUT2D eigenvalue weighted by atomic mass is 10.0. The van der Waals surface area contributed by atoms with E-state index in [4.69, 9.17) is 5.11 Å². The van der Waals surface area contributed by atoms with Crippen molar-refractivity contribution in [1.29, 1.82) is 0 Å². The van der Waals surface area contributed by atoms with Gasteiger partial charge in [0.25, 0.3) is 0 Å². The highest BCUT2D eigenvalue weighted by Gasteiger charge is 2.28. The fourth-order valence-corrected chi connectivity index (χ4v) is 1.78. The predicted octanol–water partition coefficient (Wildman–Crippen LogP) is 0.810. The zero-order valence-electron chi connectivity index (χ0n) is 11.0. The van der Waals surface area contributed by atoms with Gasteiger partial charge in [0.1, 0.15) is 6.04 Å². The highest BCUT2D eigenvalue weighted by molar-refractivity contribution is 5.74. The Morgan fingerprint density at radius 2 is 1.80 bits per heavy atom. The number of carboxylic acids is 1. The van der Waals surface area contributed by atoms with E-state index < -0.39 is 41.9 Å². The molecule has 0 heterocycles. The average Bonchev–Trinajstić information content (AvgIpc) is 2.37. The quantitative estimate of drug-likeness (QED) is 0.622. The van der Waals surface area contributed by atoms with Crippen LogP contribution in [0.5, 0.6) is 0 Å². The Bertz CT molecular complexity index is 481. The number of aliphatic carboxylic acids is 1. The number of hydrogen-bond acceptors (Lipinski definition) is 4. The van der Waals surface area contributed by atoms with Crippen LogP contribution in [-0.2, 0) is 4.79 Å². The maximum atomic E-state index is 13.1. The van der Waals surface area contributed by atoms with Crippen LogP contribution in [0, 0.1) is 11.6 Å². The molecule has 4 N–H and O–H groups in total. The Morgan fingerprint density at radius 3 is 2.25 bits per heavy atom. The molecule has 4 unspecified atom stereocenters. The van der Waals surface area contributed by atoms with Crippen LogP contribution in [-0.4, -0.2) is 39.5 Å². The molecule has 1 aromatic rings. The average molecular weight is 289 g/mol. The van der Waals surface area contributed by atoms with Crippen molar-refractivity contribution in [2.45, 2.75) is 38.1 Å². The zero-order chi connectivity index (χ0) is 15.4. The van der Waals surface area contributed by atoms with Crippen molar-refractivity contribution in [2.75, 3.05) is 0 Å². The molecule has 0 saturated carbocycles. The lowest BCUT2D eigenvalue weighted by Gasteiger charge is -2.26. The second-order valence-electron chi connectivity index (χ2n) is 4.63. The summed E-state index contributed by atoms with van der Waals surface area (Å²) in [6.07, 6.45) is -2.42. The van der Waals surface area contributed by atoms with Crippen molar-refractivity contribution < 1.29 is 28.9 Å². The number of halogens is 2. The predicted molar refractivity (Wildman–Crippen MR) is 67.0 cm³/mol. The van der Waals surface area contributed by atoms with Gasteiger partial charge >= 0.3 is 5.97 Å². The molecule has 0 bridgehead atoms. The summed E-state index contributed by atoms with van der Waals surface area (Å²) in [6, 6.07) is 0.875. The van der Waals surface area contributed by atoms with E-state index in [9.17, 15) is 23.8 Å². The highest BCUT2D eigenvalue weighted by atomic mass is 19.2. The van der Waals surface area contributed by atoms with Crippen molar-refractivity contribution >= 4 is 5.97 Å². The molecule has 112 valence electrons. The molecule has 7 heteroatoms. The first kappa shape index (κ1) is 16.5. The van der Waals surface area contributed by atoms with E-state index in [0.29, 0.717) is 0 Å². The third-order valence-electron chi connectivity index (χ3n) is 2.95. The maximum absolute atomic E-state index is 13.1. The van der Waals surface area contributed by atoms with E-state index in [-0.39, 0.29) is 5.56 Å². The summed E-state index contributed by atoms with van der Waals surface area (Å²) in [5, 5.41) is 30.8. The first-order valence-corrected chi connectivity index (χ1v) is 6.04. The smallest absolute Gasteiger partial charge is 0.323 e. The number of carboxylic acid groups (broad SMARTS) is 1. The van der Waals surface area contributed by atoms with Crippen LogP contribution in [0.25, 0.3) is 0 Å². The van der Waals surface area contributed by atoms with Crippen LogP contribution in [0.15, 0.2) is 18.2 Å². The van der Waals surface area contributed by atoms with Gasteiger partial charge in [-0.05, 0) is 31.5 Å². The molecule has 4 atom stereocenters. The summed E-state index contributed by atoms with van der Waals surface area (Å²) in [4.78, 5) is 10.9. The van der Waals surface area contributed by atoms with Gasteiger partial charge in [-0.3, -0.25) is 10.1 Å². The molecule has 0 saturated heterocycles. The molecule has 0 aliphatic heterocycles. The van der Waals surface area contributed by atoms with E-state index in [0.717, 1.165) is 12.1 Å². The van der Waals surface area contributed by atoms with Crippen molar-refractivity contribution in [3.63, 3.8) is 0 Å². The van der Waals surface area contributed by atoms with Crippen LogP contribution in [0.4, 0.5) is 8.78 Å². The first-order chi connectivity index (χ1) is 9.23. The summed E-state index contributed by atoms with van der Waals surface area (Å²) in [5.41, 5.74) is 0.110. The van der Waals surface area contributed by atoms with Gasteiger partial charge in [-0.15, -0.1) is 0 Å². The van der Waals surface area contributed by atoms with Crippen molar-refractivity contribution in [3.8, 4) is 0 Å².